The van der Waals surface area contributed by atoms with Gasteiger partial charge in [-0.05, 0) is 25.5 Å². The largest absolute Gasteiger partial charge is 0.396 e. The number of aliphatic hydroxyl groups is 1. The van der Waals surface area contributed by atoms with Gasteiger partial charge in [-0.15, -0.1) is 0 Å². The fourth-order valence-electron chi connectivity index (χ4n) is 1.32. The molecular formula is C12H17ClN2O2. The molecule has 0 heterocycles. The molecule has 4 nitrogen and oxygen atoms in total. The van der Waals surface area contributed by atoms with Crippen molar-refractivity contribution < 1.29 is 9.90 Å². The number of rotatable bonds is 6. The molecule has 0 aromatic heterocycles. The Hall–Kier alpha value is -1.10. The third-order valence-electron chi connectivity index (χ3n) is 2.32. The van der Waals surface area contributed by atoms with Gasteiger partial charge in [0.25, 0.3) is 0 Å². The molecule has 0 radical (unpaired) electrons. The number of halogens is 1. The van der Waals surface area contributed by atoms with Crippen molar-refractivity contribution in [3.8, 4) is 0 Å². The van der Waals surface area contributed by atoms with Gasteiger partial charge in [-0.1, -0.05) is 23.7 Å². The molecule has 0 spiro atoms. The van der Waals surface area contributed by atoms with Gasteiger partial charge in [-0.25, -0.2) is 0 Å². The fourth-order valence-corrected chi connectivity index (χ4v) is 1.50. The van der Waals surface area contributed by atoms with Crippen molar-refractivity contribution in [1.29, 1.82) is 0 Å². The number of benzene rings is 1. The van der Waals surface area contributed by atoms with E-state index in [4.69, 9.17) is 16.7 Å². The van der Waals surface area contributed by atoms with Gasteiger partial charge in [0.15, 0.2) is 0 Å². The third kappa shape index (κ3) is 5.17. The van der Waals surface area contributed by atoms with Crippen molar-refractivity contribution in [1.82, 2.24) is 5.32 Å². The fraction of sp³-hybridized carbons (Fsp3) is 0.417. The Kier molecular flexibility index (Phi) is 5.97. The van der Waals surface area contributed by atoms with Crippen LogP contribution in [0.2, 0.25) is 5.02 Å². The van der Waals surface area contributed by atoms with Gasteiger partial charge in [0, 0.05) is 12.6 Å². The molecule has 0 saturated carbocycles. The SMILES string of the molecule is CC(CCO)NCC(=O)Nc1ccccc1Cl. The van der Waals surface area contributed by atoms with E-state index in [0.29, 0.717) is 17.1 Å². The van der Waals surface area contributed by atoms with E-state index in [-0.39, 0.29) is 25.1 Å². The van der Waals surface area contributed by atoms with Crippen LogP contribution in [0.3, 0.4) is 0 Å². The van der Waals surface area contributed by atoms with Crippen molar-refractivity contribution in [3.05, 3.63) is 29.3 Å². The lowest BCUT2D eigenvalue weighted by molar-refractivity contribution is -0.115. The highest BCUT2D eigenvalue weighted by Crippen LogP contribution is 2.19. The van der Waals surface area contributed by atoms with E-state index in [1.165, 1.54) is 0 Å². The van der Waals surface area contributed by atoms with Crippen LogP contribution in [0.4, 0.5) is 5.69 Å². The lowest BCUT2D eigenvalue weighted by Gasteiger charge is -2.12. The Morgan fingerprint density at radius 2 is 2.18 bits per heavy atom. The molecule has 1 rings (SSSR count). The first kappa shape index (κ1) is 14.0. The van der Waals surface area contributed by atoms with Crippen LogP contribution in [0.15, 0.2) is 24.3 Å². The molecule has 0 saturated heterocycles. The summed E-state index contributed by atoms with van der Waals surface area (Å²) in [6, 6.07) is 7.19. The number of nitrogens with one attached hydrogen (secondary N) is 2. The molecule has 1 unspecified atom stereocenters. The molecule has 1 atom stereocenters. The minimum absolute atomic E-state index is 0.108. The first-order valence-corrected chi connectivity index (χ1v) is 5.90. The molecule has 0 fully saturated rings. The molecule has 0 aliphatic carbocycles. The number of hydrogen-bond donors (Lipinski definition) is 3. The first-order valence-electron chi connectivity index (χ1n) is 5.52. The van der Waals surface area contributed by atoms with E-state index >= 15 is 0 Å². The summed E-state index contributed by atoms with van der Waals surface area (Å²) < 4.78 is 0. The van der Waals surface area contributed by atoms with Gasteiger partial charge < -0.3 is 15.7 Å². The lowest BCUT2D eigenvalue weighted by atomic mass is 10.2. The number of carbonyl (C=O) groups excluding carboxylic acids is 1. The summed E-state index contributed by atoms with van der Waals surface area (Å²) in [5.41, 5.74) is 0.607. The minimum atomic E-state index is -0.150. The highest BCUT2D eigenvalue weighted by atomic mass is 35.5. The topological polar surface area (TPSA) is 61.4 Å². The zero-order chi connectivity index (χ0) is 12.7. The lowest BCUT2D eigenvalue weighted by Crippen LogP contribution is -2.34. The van der Waals surface area contributed by atoms with E-state index in [0.717, 1.165) is 0 Å². The highest BCUT2D eigenvalue weighted by molar-refractivity contribution is 6.33. The number of anilines is 1. The summed E-state index contributed by atoms with van der Waals surface area (Å²) in [5, 5.41) is 15.0. The molecule has 0 bridgehead atoms. The van der Waals surface area contributed by atoms with Gasteiger partial charge in [0.05, 0.1) is 17.3 Å². The van der Waals surface area contributed by atoms with Gasteiger partial charge in [-0.2, -0.15) is 0 Å². The number of carbonyl (C=O) groups is 1. The number of aliphatic hydroxyl groups excluding tert-OH is 1. The Balaban J connectivity index is 2.37. The minimum Gasteiger partial charge on any atom is -0.396 e. The average Bonchev–Trinajstić information content (AvgIpc) is 2.30. The molecule has 1 amide bonds. The molecule has 0 aliphatic rings. The van der Waals surface area contributed by atoms with E-state index < -0.39 is 0 Å². The number of para-hydroxylation sites is 1. The van der Waals surface area contributed by atoms with Crippen LogP contribution in [0.5, 0.6) is 0 Å². The average molecular weight is 257 g/mol. The maximum atomic E-state index is 11.6. The molecular weight excluding hydrogens is 240 g/mol. The Bertz CT molecular complexity index is 371. The molecule has 0 aliphatic heterocycles. The quantitative estimate of drug-likeness (QED) is 0.725. The standard InChI is InChI=1S/C12H17ClN2O2/c1-9(6-7-16)14-8-12(17)15-11-5-3-2-4-10(11)13/h2-5,9,14,16H,6-8H2,1H3,(H,15,17). The predicted octanol–water partition coefficient (Wildman–Crippen LogP) is 1.64. The maximum absolute atomic E-state index is 11.6. The second kappa shape index (κ2) is 7.27. The third-order valence-corrected chi connectivity index (χ3v) is 2.65. The normalized spacial score (nSPS) is 12.2. The zero-order valence-corrected chi connectivity index (χ0v) is 10.5. The van der Waals surface area contributed by atoms with E-state index in [2.05, 4.69) is 10.6 Å². The van der Waals surface area contributed by atoms with Crippen LogP contribution in [0.1, 0.15) is 13.3 Å². The highest BCUT2D eigenvalue weighted by Gasteiger charge is 2.07. The van der Waals surface area contributed by atoms with Crippen molar-refractivity contribution >= 4 is 23.2 Å². The van der Waals surface area contributed by atoms with Gasteiger partial charge in [-0.3, -0.25) is 4.79 Å². The summed E-state index contributed by atoms with van der Waals surface area (Å²) >= 11 is 5.91. The monoisotopic (exact) mass is 256 g/mol. The summed E-state index contributed by atoms with van der Waals surface area (Å²) in [6.07, 6.45) is 0.624. The summed E-state index contributed by atoms with van der Waals surface area (Å²) in [7, 11) is 0. The van der Waals surface area contributed by atoms with E-state index in [1.807, 2.05) is 13.0 Å². The van der Waals surface area contributed by atoms with Crippen LogP contribution in [0.25, 0.3) is 0 Å². The van der Waals surface area contributed by atoms with E-state index in [1.54, 1.807) is 18.2 Å². The molecule has 1 aromatic carbocycles. The maximum Gasteiger partial charge on any atom is 0.238 e. The van der Waals surface area contributed by atoms with Gasteiger partial charge in [0.1, 0.15) is 0 Å². The Morgan fingerprint density at radius 3 is 2.82 bits per heavy atom. The van der Waals surface area contributed by atoms with Crippen molar-refractivity contribution in [3.63, 3.8) is 0 Å². The van der Waals surface area contributed by atoms with Crippen LogP contribution in [0, 0.1) is 0 Å². The summed E-state index contributed by atoms with van der Waals surface area (Å²) in [4.78, 5) is 11.6. The van der Waals surface area contributed by atoms with Crippen LogP contribution >= 0.6 is 11.6 Å². The van der Waals surface area contributed by atoms with Crippen molar-refractivity contribution in [2.45, 2.75) is 19.4 Å². The van der Waals surface area contributed by atoms with E-state index in [9.17, 15) is 4.79 Å². The Morgan fingerprint density at radius 1 is 1.47 bits per heavy atom. The second-order valence-electron chi connectivity index (χ2n) is 3.82. The molecule has 1 aromatic rings. The van der Waals surface area contributed by atoms with Crippen LogP contribution in [-0.2, 0) is 4.79 Å². The second-order valence-corrected chi connectivity index (χ2v) is 4.23. The zero-order valence-electron chi connectivity index (χ0n) is 9.74. The Labute approximate surface area is 106 Å². The first-order chi connectivity index (χ1) is 8.13. The molecule has 5 heteroatoms. The van der Waals surface area contributed by atoms with Crippen molar-refractivity contribution in [2.24, 2.45) is 0 Å². The van der Waals surface area contributed by atoms with Crippen LogP contribution in [-0.4, -0.2) is 30.2 Å². The number of hydrogen-bond acceptors (Lipinski definition) is 3. The predicted molar refractivity (Wildman–Crippen MR) is 69.2 cm³/mol. The van der Waals surface area contributed by atoms with Crippen molar-refractivity contribution in [2.75, 3.05) is 18.5 Å². The molecule has 94 valence electrons. The van der Waals surface area contributed by atoms with Gasteiger partial charge in [0.2, 0.25) is 5.91 Å². The smallest absolute Gasteiger partial charge is 0.238 e. The van der Waals surface area contributed by atoms with Crippen LogP contribution < -0.4 is 10.6 Å². The molecule has 17 heavy (non-hydrogen) atoms. The summed E-state index contributed by atoms with van der Waals surface area (Å²) in [6.45, 7) is 2.23. The number of amides is 1. The summed E-state index contributed by atoms with van der Waals surface area (Å²) in [5.74, 6) is -0.150. The molecule has 3 N–H and O–H groups in total. The van der Waals surface area contributed by atoms with Gasteiger partial charge >= 0.3 is 0 Å².